The first-order valence-corrected chi connectivity index (χ1v) is 26.3. The van der Waals surface area contributed by atoms with Crippen LogP contribution in [0.3, 0.4) is 0 Å². The van der Waals surface area contributed by atoms with Crippen molar-refractivity contribution in [1.82, 2.24) is 0 Å². The molecule has 0 aromatic rings. The van der Waals surface area contributed by atoms with E-state index in [1.165, 1.54) is 0 Å². The maximum atomic E-state index is 12.0. The molecule has 0 heterocycles. The number of halogens is 20. The van der Waals surface area contributed by atoms with E-state index in [0.29, 0.717) is 12.1 Å². The SMILES string of the molecule is F[Te](F)(F)(F)(F)O[B-](O[Te](F)(F)(F)(F)F)(O[Te](F)(F)(F)(F)F)O[Te](F)(F)(F)(F)F.[Ag+].[C-]#[O+]. The van der Waals surface area contributed by atoms with Crippen LogP contribution in [0.25, 0.3) is 0 Å². The molecular weight excluding hydrogens is 1100 g/mol. The zero-order valence-electron chi connectivity index (χ0n) is 12.6. The van der Waals surface area contributed by atoms with Gasteiger partial charge in [-0.2, -0.15) is 0 Å². The normalized spacial score (nSPS) is 24.4. The predicted octanol–water partition coefficient (Wildman–Crippen LogP) is 6.19. The Morgan fingerprint density at radius 1 is 0.375 bits per heavy atom. The molecule has 0 spiro atoms. The Hall–Kier alpha value is 2.14. The molecule has 5 nitrogen and oxygen atoms in total. The average molecular weight is 1100 g/mol. The van der Waals surface area contributed by atoms with Gasteiger partial charge in [-0.3, -0.25) is 0 Å². The molecule has 0 aliphatic carbocycles. The van der Waals surface area contributed by atoms with E-state index in [1.807, 2.05) is 0 Å². The van der Waals surface area contributed by atoms with Crippen LogP contribution in [0.1, 0.15) is 0 Å². The van der Waals surface area contributed by atoms with Crippen molar-refractivity contribution in [3.8, 4) is 0 Å². The predicted molar refractivity (Wildman–Crippen MR) is 59.2 cm³/mol. The van der Waals surface area contributed by atoms with Gasteiger partial charge >= 0.3 is 185 Å². The maximum absolute atomic E-state index is 13.9. The summed E-state index contributed by atoms with van der Waals surface area (Å²) in [6.07, 6.45) is 0. The van der Waals surface area contributed by atoms with Gasteiger partial charge in [-0.15, -0.1) is 0 Å². The first-order chi connectivity index (χ1) is 11.7. The molecule has 0 aromatic carbocycles. The first kappa shape index (κ1) is 38.7. The van der Waals surface area contributed by atoms with Crippen LogP contribution < -0.4 is 0 Å². The number of rotatable bonds is 8. The third-order valence-electron chi connectivity index (χ3n) is 1.20. The van der Waals surface area contributed by atoms with E-state index >= 15 is 0 Å². The Labute approximate surface area is 183 Å². The Bertz CT molecular complexity index is 630. The van der Waals surface area contributed by atoms with E-state index in [4.69, 9.17) is 4.65 Å². The van der Waals surface area contributed by atoms with Gasteiger partial charge in [0.1, 0.15) is 0 Å². The molecular formula is CAgBF20O5Te4. The van der Waals surface area contributed by atoms with E-state index in [-0.39, 0.29) is 22.4 Å². The van der Waals surface area contributed by atoms with Crippen molar-refractivity contribution < 1.29 is 96.9 Å². The summed E-state index contributed by atoms with van der Waals surface area (Å²) in [5, 5.41) is 0. The molecule has 0 radical (unpaired) electrons. The Kier molecular flexibility index (Phi) is 7.95. The summed E-state index contributed by atoms with van der Waals surface area (Å²) >= 11 is -55.7. The van der Waals surface area contributed by atoms with Crippen LogP contribution in [0.15, 0.2) is 0 Å². The van der Waals surface area contributed by atoms with Gasteiger partial charge in [-0.05, 0) is 0 Å². The average Bonchev–Trinajstić information content (AvgIpc) is 1.94. The Balaban J connectivity index is -0.00000272. The van der Waals surface area contributed by atoms with E-state index < -0.39 is 81.7 Å². The van der Waals surface area contributed by atoms with Crippen molar-refractivity contribution in [2.24, 2.45) is 0 Å². The standard InChI is InChI=1S/CO.Ag.BF20O4Te4/c1-2;;2-26(3,4,5,6)22-1(23-27(7,8,9,10)11,24-28(12,13,14,15)16)25-29(17,18,19,20)21/q;+1;-1. The fraction of sp³-hybridized carbons (Fsp3) is 0. The van der Waals surface area contributed by atoms with Gasteiger partial charge in [0.2, 0.25) is 0 Å². The van der Waals surface area contributed by atoms with Gasteiger partial charge in [0.15, 0.2) is 0 Å². The molecule has 0 saturated carbocycles. The van der Waals surface area contributed by atoms with Crippen molar-refractivity contribution >= 4 is 81.7 Å². The zero-order chi connectivity index (χ0) is 27.0. The van der Waals surface area contributed by atoms with Gasteiger partial charge in [-0.25, -0.2) is 0 Å². The van der Waals surface area contributed by atoms with Crippen molar-refractivity contribution in [1.29, 1.82) is 0 Å². The fourth-order valence-electron chi connectivity index (χ4n) is 0.987. The summed E-state index contributed by atoms with van der Waals surface area (Å²) in [5.41, 5.74) is 0. The fourth-order valence-corrected chi connectivity index (χ4v) is 10.3. The summed E-state index contributed by atoms with van der Waals surface area (Å²) in [6.45, 7) is -5.45. The zero-order valence-corrected chi connectivity index (χ0v) is 23.4. The van der Waals surface area contributed by atoms with Gasteiger partial charge in [0, 0.05) is 0 Å². The number of hydrogen-bond acceptors (Lipinski definition) is 4. The molecule has 0 aliphatic rings. The third-order valence-corrected chi connectivity index (χ3v) is 8.04. The van der Waals surface area contributed by atoms with Crippen molar-refractivity contribution in [2.75, 3.05) is 0 Å². The van der Waals surface area contributed by atoms with Crippen molar-refractivity contribution in [3.05, 3.63) is 6.65 Å². The van der Waals surface area contributed by atoms with Crippen LogP contribution in [0.5, 0.6) is 0 Å². The molecule has 0 bridgehead atoms. The summed E-state index contributed by atoms with van der Waals surface area (Å²) in [4.78, 5) is 0. The van der Waals surface area contributed by atoms with Crippen LogP contribution in [0.2, 0.25) is 0 Å². The second kappa shape index (κ2) is 6.58. The molecule has 0 aromatic heterocycles. The molecule has 0 atom stereocenters. The quantitative estimate of drug-likeness (QED) is 0.126. The van der Waals surface area contributed by atoms with Gasteiger partial charge in [0.05, 0.1) is 0 Å². The van der Waals surface area contributed by atoms with E-state index in [1.54, 1.807) is 0 Å². The van der Waals surface area contributed by atoms with Gasteiger partial charge < -0.3 is 0 Å². The molecule has 32 heavy (non-hydrogen) atoms. The molecule has 0 N–H and O–H groups in total. The summed E-state index contributed by atoms with van der Waals surface area (Å²) in [6, 6.07) is 0. The summed E-state index contributed by atoms with van der Waals surface area (Å²) in [5.74, 6) is 0. The second-order valence-electron chi connectivity index (χ2n) is 4.55. The van der Waals surface area contributed by atoms with Crippen LogP contribution in [-0.2, 0) is 39.1 Å². The minimum atomic E-state index is -13.9. The van der Waals surface area contributed by atoms with Crippen molar-refractivity contribution in [2.45, 2.75) is 0 Å². The molecule has 0 fully saturated rings. The van der Waals surface area contributed by atoms with Crippen molar-refractivity contribution in [3.63, 3.8) is 0 Å². The van der Waals surface area contributed by atoms with Crippen LogP contribution >= 0.6 is 0 Å². The van der Waals surface area contributed by atoms with E-state index in [2.05, 4.69) is 6.65 Å². The third kappa shape index (κ3) is 26.7. The molecule has 0 amide bonds. The first-order valence-electron chi connectivity index (χ1n) is 4.90. The van der Waals surface area contributed by atoms with Gasteiger partial charge in [0.25, 0.3) is 0 Å². The van der Waals surface area contributed by atoms with E-state index in [9.17, 15) is 57.8 Å². The molecule has 0 aliphatic heterocycles. The molecule has 0 rings (SSSR count). The molecule has 0 unspecified atom stereocenters. The van der Waals surface area contributed by atoms with E-state index in [0.717, 1.165) is 0 Å². The van der Waals surface area contributed by atoms with Crippen LogP contribution in [0.4, 0.5) is 57.8 Å². The Morgan fingerprint density at radius 2 is 0.469 bits per heavy atom. The van der Waals surface area contributed by atoms with Gasteiger partial charge in [-0.1, -0.05) is 0 Å². The minimum absolute atomic E-state index is 0. The molecule has 212 valence electrons. The molecule has 0 saturated heterocycles. The van der Waals surface area contributed by atoms with Crippen LogP contribution in [0, 0.1) is 6.65 Å². The Morgan fingerprint density at radius 3 is 0.531 bits per heavy atom. The summed E-state index contributed by atoms with van der Waals surface area (Å²) < 4.78 is 249. The number of hydrogen-bond donors (Lipinski definition) is 0. The summed E-state index contributed by atoms with van der Waals surface area (Å²) in [7, 11) is 0. The second-order valence-corrected chi connectivity index (χ2v) is 27.3. The van der Waals surface area contributed by atoms with Crippen LogP contribution in [-0.4, -0.2) is 81.7 Å². The monoisotopic (exact) mass is 1110 g/mol. The topological polar surface area (TPSA) is 56.8 Å². The molecule has 31 heteroatoms.